The van der Waals surface area contributed by atoms with Crippen LogP contribution in [0.4, 0.5) is 0 Å². The summed E-state index contributed by atoms with van der Waals surface area (Å²) in [7, 11) is 3.22. The van der Waals surface area contributed by atoms with Gasteiger partial charge in [0, 0.05) is 6.54 Å². The monoisotopic (exact) mass is 359 g/mol. The third-order valence-corrected chi connectivity index (χ3v) is 4.14. The van der Waals surface area contributed by atoms with Crippen LogP contribution in [-0.2, 0) is 9.47 Å². The van der Waals surface area contributed by atoms with E-state index in [0.29, 0.717) is 43.6 Å². The lowest BCUT2D eigenvalue weighted by Gasteiger charge is -2.31. The molecule has 1 aliphatic rings. The predicted octanol–water partition coefficient (Wildman–Crippen LogP) is 2.79. The fourth-order valence-electron chi connectivity index (χ4n) is 2.84. The lowest BCUT2D eigenvalue weighted by Crippen LogP contribution is -2.43. The van der Waals surface area contributed by atoms with Crippen molar-refractivity contribution in [2.45, 2.75) is 12.3 Å². The standard InChI is InChI=1S/C20H25NO5/c1-22-16-9-6-10-17(23-2)20(16)25-12-11-21-19-14-24-13-18(26-19)15-7-4-3-5-8-15/h3-10,18-19,21H,11-14H2,1-2H3/t18-,19-/m1/s1. The second-order valence-corrected chi connectivity index (χ2v) is 5.86. The van der Waals surface area contributed by atoms with Gasteiger partial charge in [-0.3, -0.25) is 5.32 Å². The molecule has 140 valence electrons. The van der Waals surface area contributed by atoms with E-state index in [0.717, 1.165) is 5.56 Å². The maximum Gasteiger partial charge on any atom is 0.203 e. The first-order valence-electron chi connectivity index (χ1n) is 8.67. The van der Waals surface area contributed by atoms with Gasteiger partial charge in [-0.1, -0.05) is 36.4 Å². The fourth-order valence-corrected chi connectivity index (χ4v) is 2.84. The van der Waals surface area contributed by atoms with Crippen molar-refractivity contribution in [2.75, 3.05) is 40.6 Å². The number of ether oxygens (including phenoxy) is 5. The Kier molecular flexibility index (Phi) is 6.71. The second-order valence-electron chi connectivity index (χ2n) is 5.86. The van der Waals surface area contributed by atoms with Gasteiger partial charge in [0.15, 0.2) is 11.5 Å². The molecule has 0 bridgehead atoms. The van der Waals surface area contributed by atoms with Crippen LogP contribution < -0.4 is 19.5 Å². The van der Waals surface area contributed by atoms with Crippen LogP contribution in [-0.4, -0.2) is 46.8 Å². The first-order valence-corrected chi connectivity index (χ1v) is 8.67. The molecule has 2 atom stereocenters. The normalized spacial score (nSPS) is 19.8. The summed E-state index contributed by atoms with van der Waals surface area (Å²) in [4.78, 5) is 0. The van der Waals surface area contributed by atoms with Crippen molar-refractivity contribution >= 4 is 0 Å². The molecule has 0 saturated carbocycles. The Labute approximate surface area is 154 Å². The van der Waals surface area contributed by atoms with Gasteiger partial charge in [-0.15, -0.1) is 0 Å². The molecule has 0 radical (unpaired) electrons. The summed E-state index contributed by atoms with van der Waals surface area (Å²) in [6.07, 6.45) is -0.227. The molecular formula is C20H25NO5. The molecule has 2 aromatic rings. The van der Waals surface area contributed by atoms with Crippen LogP contribution in [0.1, 0.15) is 11.7 Å². The lowest BCUT2D eigenvalue weighted by atomic mass is 10.1. The van der Waals surface area contributed by atoms with Gasteiger partial charge >= 0.3 is 0 Å². The van der Waals surface area contributed by atoms with Crippen LogP contribution in [0.15, 0.2) is 48.5 Å². The molecule has 1 fully saturated rings. The number of methoxy groups -OCH3 is 2. The molecule has 6 heteroatoms. The number of rotatable bonds is 8. The molecule has 1 aliphatic heterocycles. The molecule has 0 spiro atoms. The van der Waals surface area contributed by atoms with Crippen molar-refractivity contribution in [1.82, 2.24) is 5.32 Å². The van der Waals surface area contributed by atoms with Gasteiger partial charge in [-0.05, 0) is 17.7 Å². The molecule has 1 N–H and O–H groups in total. The van der Waals surface area contributed by atoms with E-state index < -0.39 is 0 Å². The topological polar surface area (TPSA) is 58.2 Å². The highest BCUT2D eigenvalue weighted by atomic mass is 16.6. The minimum absolute atomic E-state index is 0.0577. The smallest absolute Gasteiger partial charge is 0.203 e. The van der Waals surface area contributed by atoms with Gasteiger partial charge in [-0.2, -0.15) is 0 Å². The maximum absolute atomic E-state index is 6.07. The molecule has 1 saturated heterocycles. The number of para-hydroxylation sites is 1. The predicted molar refractivity (Wildman–Crippen MR) is 97.9 cm³/mol. The highest BCUT2D eigenvalue weighted by Crippen LogP contribution is 2.36. The van der Waals surface area contributed by atoms with Crippen LogP contribution in [0.2, 0.25) is 0 Å². The zero-order valence-corrected chi connectivity index (χ0v) is 15.1. The largest absolute Gasteiger partial charge is 0.493 e. The quantitative estimate of drug-likeness (QED) is 0.732. The van der Waals surface area contributed by atoms with Crippen LogP contribution in [0.25, 0.3) is 0 Å². The van der Waals surface area contributed by atoms with Gasteiger partial charge in [0.1, 0.15) is 18.9 Å². The van der Waals surface area contributed by atoms with Gasteiger partial charge in [-0.25, -0.2) is 0 Å². The fraction of sp³-hybridized carbons (Fsp3) is 0.400. The van der Waals surface area contributed by atoms with Crippen molar-refractivity contribution in [3.05, 3.63) is 54.1 Å². The Balaban J connectivity index is 1.48. The summed E-state index contributed by atoms with van der Waals surface area (Å²) in [5.41, 5.74) is 1.12. The van der Waals surface area contributed by atoms with Gasteiger partial charge in [0.05, 0.1) is 27.4 Å². The average Bonchev–Trinajstić information content (AvgIpc) is 2.72. The molecule has 3 rings (SSSR count). The molecule has 26 heavy (non-hydrogen) atoms. The average molecular weight is 359 g/mol. The van der Waals surface area contributed by atoms with E-state index in [4.69, 9.17) is 23.7 Å². The summed E-state index contributed by atoms with van der Waals surface area (Å²) in [5, 5.41) is 3.31. The molecule has 6 nitrogen and oxygen atoms in total. The number of hydrogen-bond acceptors (Lipinski definition) is 6. The Morgan fingerprint density at radius 3 is 2.38 bits per heavy atom. The summed E-state index contributed by atoms with van der Waals surface area (Å²) < 4.78 is 28.2. The van der Waals surface area contributed by atoms with E-state index in [2.05, 4.69) is 5.32 Å². The van der Waals surface area contributed by atoms with Gasteiger partial charge < -0.3 is 23.7 Å². The van der Waals surface area contributed by atoms with Gasteiger partial charge in [0.25, 0.3) is 0 Å². The van der Waals surface area contributed by atoms with E-state index in [1.807, 2.05) is 48.5 Å². The van der Waals surface area contributed by atoms with E-state index in [9.17, 15) is 0 Å². The van der Waals surface area contributed by atoms with Crippen LogP contribution in [0, 0.1) is 0 Å². The van der Waals surface area contributed by atoms with Gasteiger partial charge in [0.2, 0.25) is 5.75 Å². The lowest BCUT2D eigenvalue weighted by molar-refractivity contribution is -0.151. The van der Waals surface area contributed by atoms with Crippen molar-refractivity contribution < 1.29 is 23.7 Å². The zero-order chi connectivity index (χ0) is 18.2. The molecule has 1 heterocycles. The van der Waals surface area contributed by atoms with Crippen molar-refractivity contribution in [1.29, 1.82) is 0 Å². The summed E-state index contributed by atoms with van der Waals surface area (Å²) >= 11 is 0. The van der Waals surface area contributed by atoms with E-state index in [-0.39, 0.29) is 12.3 Å². The first-order chi connectivity index (χ1) is 12.8. The Bertz CT molecular complexity index is 657. The molecule has 0 unspecified atom stereocenters. The zero-order valence-electron chi connectivity index (χ0n) is 15.1. The van der Waals surface area contributed by atoms with E-state index >= 15 is 0 Å². The second kappa shape index (κ2) is 9.43. The third-order valence-electron chi connectivity index (χ3n) is 4.14. The Hall–Kier alpha value is -2.28. The van der Waals surface area contributed by atoms with E-state index in [1.165, 1.54) is 0 Å². The summed E-state index contributed by atoms with van der Waals surface area (Å²) in [6, 6.07) is 15.6. The molecule has 0 aliphatic carbocycles. The highest BCUT2D eigenvalue weighted by molar-refractivity contribution is 5.51. The SMILES string of the molecule is COc1cccc(OC)c1OCCN[C@H]1COC[C@H](c2ccccc2)O1. The number of benzene rings is 2. The minimum Gasteiger partial charge on any atom is -0.493 e. The molecule has 2 aromatic carbocycles. The molecule has 0 amide bonds. The first kappa shape index (κ1) is 18.5. The third kappa shape index (κ3) is 4.66. The maximum atomic E-state index is 6.07. The highest BCUT2D eigenvalue weighted by Gasteiger charge is 2.23. The minimum atomic E-state index is -0.169. The van der Waals surface area contributed by atoms with Crippen LogP contribution >= 0.6 is 0 Å². The number of hydrogen-bond donors (Lipinski definition) is 1. The Morgan fingerprint density at radius 2 is 1.69 bits per heavy atom. The van der Waals surface area contributed by atoms with Crippen molar-refractivity contribution in [3.63, 3.8) is 0 Å². The number of nitrogens with one attached hydrogen (secondary N) is 1. The van der Waals surface area contributed by atoms with Crippen LogP contribution in [0.3, 0.4) is 0 Å². The Morgan fingerprint density at radius 1 is 0.962 bits per heavy atom. The van der Waals surface area contributed by atoms with Crippen LogP contribution in [0.5, 0.6) is 17.2 Å². The van der Waals surface area contributed by atoms with Crippen molar-refractivity contribution in [2.24, 2.45) is 0 Å². The van der Waals surface area contributed by atoms with Crippen molar-refractivity contribution in [3.8, 4) is 17.2 Å². The summed E-state index contributed by atoms with van der Waals surface area (Å²) in [5.74, 6) is 1.89. The summed E-state index contributed by atoms with van der Waals surface area (Å²) in [6.45, 7) is 2.14. The molecule has 0 aromatic heterocycles. The molecular weight excluding hydrogens is 334 g/mol. The van der Waals surface area contributed by atoms with E-state index in [1.54, 1.807) is 14.2 Å².